The first-order chi connectivity index (χ1) is 10.3. The van der Waals surface area contributed by atoms with Crippen LogP contribution in [-0.2, 0) is 6.42 Å². The third-order valence-corrected chi connectivity index (χ3v) is 5.93. The predicted octanol–water partition coefficient (Wildman–Crippen LogP) is 6.17. The van der Waals surface area contributed by atoms with Crippen LogP contribution in [0.15, 0.2) is 81.0 Å². The zero-order valence-electron chi connectivity index (χ0n) is 11.3. The summed E-state index contributed by atoms with van der Waals surface area (Å²) in [6.07, 6.45) is 1.05. The molecule has 0 bridgehead atoms. The molecule has 2 heteroatoms. The van der Waals surface area contributed by atoms with Crippen LogP contribution in [-0.4, -0.2) is 0 Å². The van der Waals surface area contributed by atoms with E-state index in [0.29, 0.717) is 0 Å². The Hall–Kier alpha value is -1.51. The molecule has 0 saturated heterocycles. The average molecular weight is 353 g/mol. The van der Waals surface area contributed by atoms with Crippen molar-refractivity contribution in [1.29, 1.82) is 0 Å². The maximum atomic E-state index is 3.65. The van der Waals surface area contributed by atoms with Gasteiger partial charge < -0.3 is 0 Å². The summed E-state index contributed by atoms with van der Waals surface area (Å²) >= 11 is 5.48. The maximum Gasteiger partial charge on any atom is 0.0314 e. The summed E-state index contributed by atoms with van der Waals surface area (Å²) in [6, 6.07) is 23.8. The van der Waals surface area contributed by atoms with Gasteiger partial charge >= 0.3 is 0 Å². The van der Waals surface area contributed by atoms with Crippen LogP contribution >= 0.6 is 27.7 Å². The number of hydrogen-bond acceptors (Lipinski definition) is 1. The van der Waals surface area contributed by atoms with Crippen LogP contribution in [0.4, 0.5) is 0 Å². The van der Waals surface area contributed by atoms with Gasteiger partial charge in [-0.15, -0.1) is 0 Å². The quantitative estimate of drug-likeness (QED) is 0.415. The summed E-state index contributed by atoms with van der Waals surface area (Å²) in [7, 11) is 0. The molecule has 0 aromatic heterocycles. The lowest BCUT2D eigenvalue weighted by atomic mass is 10.1. The van der Waals surface area contributed by atoms with Gasteiger partial charge in [0.1, 0.15) is 0 Å². The number of fused-ring (bicyclic) bond motifs is 3. The van der Waals surface area contributed by atoms with Gasteiger partial charge in [0.05, 0.1) is 0 Å². The molecule has 0 atom stereocenters. The number of halogens is 1. The molecule has 3 aromatic rings. The monoisotopic (exact) mass is 352 g/mol. The van der Waals surface area contributed by atoms with Crippen LogP contribution in [0, 0.1) is 0 Å². The van der Waals surface area contributed by atoms with E-state index < -0.39 is 0 Å². The Kier molecular flexibility index (Phi) is 3.36. The molecule has 0 radical (unpaired) electrons. The van der Waals surface area contributed by atoms with Crippen molar-refractivity contribution in [2.24, 2.45) is 0 Å². The van der Waals surface area contributed by atoms with E-state index in [0.717, 1.165) is 10.9 Å². The molecule has 3 aromatic carbocycles. The van der Waals surface area contributed by atoms with Crippen LogP contribution in [0.3, 0.4) is 0 Å². The molecule has 0 unspecified atom stereocenters. The molecule has 1 aliphatic carbocycles. The van der Waals surface area contributed by atoms with Gasteiger partial charge in [-0.25, -0.2) is 0 Å². The third-order valence-electron chi connectivity index (χ3n) is 3.84. The molecule has 0 saturated carbocycles. The van der Waals surface area contributed by atoms with E-state index in [1.807, 2.05) is 11.8 Å². The van der Waals surface area contributed by atoms with Gasteiger partial charge in [-0.05, 0) is 62.8 Å². The summed E-state index contributed by atoms with van der Waals surface area (Å²) < 4.78 is 1.15. The normalized spacial score (nSPS) is 12.0. The van der Waals surface area contributed by atoms with Crippen molar-refractivity contribution in [2.75, 3.05) is 0 Å². The number of benzene rings is 3. The highest BCUT2D eigenvalue weighted by atomic mass is 79.9. The van der Waals surface area contributed by atoms with Gasteiger partial charge in [-0.3, -0.25) is 0 Å². The van der Waals surface area contributed by atoms with Gasteiger partial charge in [0.2, 0.25) is 0 Å². The Morgan fingerprint density at radius 3 is 2.33 bits per heavy atom. The van der Waals surface area contributed by atoms with Crippen molar-refractivity contribution < 1.29 is 0 Å². The third kappa shape index (κ3) is 2.33. The summed E-state index contributed by atoms with van der Waals surface area (Å²) in [5.74, 6) is 0. The van der Waals surface area contributed by atoms with Crippen LogP contribution in [0.2, 0.25) is 0 Å². The fourth-order valence-corrected chi connectivity index (χ4v) is 4.45. The molecule has 0 nitrogen and oxygen atoms in total. The van der Waals surface area contributed by atoms with E-state index >= 15 is 0 Å². The predicted molar refractivity (Wildman–Crippen MR) is 92.9 cm³/mol. The highest BCUT2D eigenvalue weighted by Gasteiger charge is 2.21. The molecule has 4 rings (SSSR count). The SMILES string of the molecule is Brc1ccccc1Sc1cccc2c1-c1ccccc1C2. The minimum absolute atomic E-state index is 1.05. The zero-order valence-corrected chi connectivity index (χ0v) is 13.7. The molecule has 0 aliphatic heterocycles. The van der Waals surface area contributed by atoms with Crippen molar-refractivity contribution in [3.63, 3.8) is 0 Å². The van der Waals surface area contributed by atoms with E-state index in [1.165, 1.54) is 32.0 Å². The topological polar surface area (TPSA) is 0 Å². The Balaban J connectivity index is 1.83. The average Bonchev–Trinajstić information content (AvgIpc) is 2.89. The fraction of sp³-hybridized carbons (Fsp3) is 0.0526. The largest absolute Gasteiger partial charge is 0.0883 e. The Bertz CT molecular complexity index is 823. The summed E-state index contributed by atoms with van der Waals surface area (Å²) in [5, 5.41) is 0. The Morgan fingerprint density at radius 2 is 1.43 bits per heavy atom. The summed E-state index contributed by atoms with van der Waals surface area (Å²) in [4.78, 5) is 2.60. The molecule has 1 aliphatic rings. The van der Waals surface area contributed by atoms with Crippen molar-refractivity contribution in [3.8, 4) is 11.1 Å². The van der Waals surface area contributed by atoms with E-state index in [1.54, 1.807) is 0 Å². The van der Waals surface area contributed by atoms with E-state index in [2.05, 4.69) is 82.7 Å². The first kappa shape index (κ1) is 13.2. The minimum atomic E-state index is 1.05. The van der Waals surface area contributed by atoms with Crippen molar-refractivity contribution in [2.45, 2.75) is 16.2 Å². The summed E-state index contributed by atoms with van der Waals surface area (Å²) in [6.45, 7) is 0. The van der Waals surface area contributed by atoms with Crippen LogP contribution in [0.1, 0.15) is 11.1 Å². The molecule has 0 heterocycles. The molecule has 0 amide bonds. The van der Waals surface area contributed by atoms with Crippen molar-refractivity contribution in [3.05, 3.63) is 82.3 Å². The second-order valence-electron chi connectivity index (χ2n) is 5.16. The van der Waals surface area contributed by atoms with Crippen LogP contribution < -0.4 is 0 Å². The highest BCUT2D eigenvalue weighted by molar-refractivity contribution is 9.10. The van der Waals surface area contributed by atoms with Crippen LogP contribution in [0.25, 0.3) is 11.1 Å². The molecular weight excluding hydrogens is 340 g/mol. The molecule has 102 valence electrons. The van der Waals surface area contributed by atoms with Crippen molar-refractivity contribution >= 4 is 27.7 Å². The zero-order chi connectivity index (χ0) is 14.2. The molecule has 21 heavy (non-hydrogen) atoms. The van der Waals surface area contributed by atoms with Crippen LogP contribution in [0.5, 0.6) is 0 Å². The molecule has 0 fully saturated rings. The fourth-order valence-electron chi connectivity index (χ4n) is 2.88. The Morgan fingerprint density at radius 1 is 0.714 bits per heavy atom. The second-order valence-corrected chi connectivity index (χ2v) is 7.09. The Labute approximate surface area is 137 Å². The van der Waals surface area contributed by atoms with Gasteiger partial charge in [-0.2, -0.15) is 0 Å². The lowest BCUT2D eigenvalue weighted by Crippen LogP contribution is -1.84. The standard InChI is InChI=1S/C19H13BrS/c20-16-9-3-4-10-17(16)21-18-11-5-7-14-12-13-6-1-2-8-15(13)19(14)18/h1-11H,12H2. The first-order valence-electron chi connectivity index (χ1n) is 6.95. The minimum Gasteiger partial charge on any atom is -0.0883 e. The van der Waals surface area contributed by atoms with E-state index in [-0.39, 0.29) is 0 Å². The first-order valence-corrected chi connectivity index (χ1v) is 8.56. The lowest BCUT2D eigenvalue weighted by molar-refractivity contribution is 1.25. The maximum absolute atomic E-state index is 3.65. The van der Waals surface area contributed by atoms with E-state index in [4.69, 9.17) is 0 Å². The highest BCUT2D eigenvalue weighted by Crippen LogP contribution is 2.45. The molecular formula is C19H13BrS. The van der Waals surface area contributed by atoms with Gasteiger partial charge in [0.25, 0.3) is 0 Å². The molecule has 0 N–H and O–H groups in total. The second kappa shape index (κ2) is 5.36. The number of rotatable bonds is 2. The van der Waals surface area contributed by atoms with Gasteiger partial charge in [-0.1, -0.05) is 60.3 Å². The number of hydrogen-bond donors (Lipinski definition) is 0. The summed E-state index contributed by atoms with van der Waals surface area (Å²) in [5.41, 5.74) is 5.68. The lowest BCUT2D eigenvalue weighted by Gasteiger charge is -2.10. The van der Waals surface area contributed by atoms with E-state index in [9.17, 15) is 0 Å². The van der Waals surface area contributed by atoms with Gasteiger partial charge in [0, 0.05) is 14.3 Å². The smallest absolute Gasteiger partial charge is 0.0314 e. The van der Waals surface area contributed by atoms with Gasteiger partial charge in [0.15, 0.2) is 0 Å². The van der Waals surface area contributed by atoms with Crippen molar-refractivity contribution in [1.82, 2.24) is 0 Å². The molecule has 0 spiro atoms.